The first kappa shape index (κ1) is 14.6. The Morgan fingerprint density at radius 2 is 1.90 bits per heavy atom. The Hall–Kier alpha value is -1.76. The topological polar surface area (TPSA) is 66.6 Å². The summed E-state index contributed by atoms with van der Waals surface area (Å²) in [6.07, 6.45) is -4.16. The molecule has 1 aromatic rings. The van der Waals surface area contributed by atoms with Crippen LogP contribution < -0.4 is 5.73 Å². The van der Waals surface area contributed by atoms with E-state index in [1.54, 1.807) is 0 Å². The number of halogens is 3. The van der Waals surface area contributed by atoms with Gasteiger partial charge < -0.3 is 15.7 Å². The number of nitrogens with two attached hydrogens (primary N) is 1. The number of nitrogen functional groups attached to an aromatic ring is 1. The number of likely N-dealkylation sites (tertiary alicyclic amines) is 1. The van der Waals surface area contributed by atoms with Crippen LogP contribution in [-0.2, 0) is 6.18 Å². The van der Waals surface area contributed by atoms with Crippen LogP contribution in [0.25, 0.3) is 0 Å². The third-order valence-electron chi connectivity index (χ3n) is 3.36. The third-order valence-corrected chi connectivity index (χ3v) is 3.36. The van der Waals surface area contributed by atoms with Gasteiger partial charge in [-0.2, -0.15) is 13.2 Å². The van der Waals surface area contributed by atoms with E-state index in [1.165, 1.54) is 11.0 Å². The lowest BCUT2D eigenvalue weighted by molar-refractivity contribution is -0.136. The predicted octanol–water partition coefficient (Wildman–Crippen LogP) is 1.88. The van der Waals surface area contributed by atoms with Crippen molar-refractivity contribution < 1.29 is 23.1 Å². The van der Waals surface area contributed by atoms with Gasteiger partial charge >= 0.3 is 6.18 Å². The van der Waals surface area contributed by atoms with Crippen molar-refractivity contribution in [1.29, 1.82) is 0 Å². The molecule has 0 bridgehead atoms. The Kier molecular flexibility index (Phi) is 3.89. The van der Waals surface area contributed by atoms with Crippen molar-refractivity contribution in [3.05, 3.63) is 29.3 Å². The molecule has 4 nitrogen and oxygen atoms in total. The van der Waals surface area contributed by atoms with E-state index in [0.29, 0.717) is 25.9 Å². The highest BCUT2D eigenvalue weighted by Gasteiger charge is 2.34. The maximum Gasteiger partial charge on any atom is 0.418 e. The van der Waals surface area contributed by atoms with Gasteiger partial charge in [0.15, 0.2) is 0 Å². The summed E-state index contributed by atoms with van der Waals surface area (Å²) in [5.74, 6) is -0.470. The first-order valence-corrected chi connectivity index (χ1v) is 6.23. The second kappa shape index (κ2) is 5.32. The zero-order valence-electron chi connectivity index (χ0n) is 10.7. The molecule has 1 heterocycles. The fourth-order valence-electron chi connectivity index (χ4n) is 2.19. The Morgan fingerprint density at radius 1 is 1.30 bits per heavy atom. The summed E-state index contributed by atoms with van der Waals surface area (Å²) < 4.78 is 38.2. The highest BCUT2D eigenvalue weighted by molar-refractivity contribution is 5.95. The molecule has 110 valence electrons. The molecule has 0 radical (unpaired) electrons. The number of aliphatic hydroxyl groups is 1. The minimum Gasteiger partial charge on any atom is -0.398 e. The molecule has 1 fully saturated rings. The number of anilines is 1. The summed E-state index contributed by atoms with van der Waals surface area (Å²) >= 11 is 0. The molecule has 1 aromatic carbocycles. The van der Waals surface area contributed by atoms with Crippen molar-refractivity contribution in [2.75, 3.05) is 18.8 Å². The highest BCUT2D eigenvalue weighted by Crippen LogP contribution is 2.34. The summed E-state index contributed by atoms with van der Waals surface area (Å²) in [5, 5.41) is 9.36. The molecule has 0 aromatic heterocycles. The van der Waals surface area contributed by atoms with E-state index in [0.717, 1.165) is 12.1 Å². The predicted molar refractivity (Wildman–Crippen MR) is 67.0 cm³/mol. The van der Waals surface area contributed by atoms with Crippen LogP contribution in [0, 0.1) is 0 Å². The molecule has 0 atom stereocenters. The van der Waals surface area contributed by atoms with Crippen molar-refractivity contribution in [2.45, 2.75) is 25.1 Å². The lowest BCUT2D eigenvalue weighted by Crippen LogP contribution is -2.40. The molecule has 0 saturated carbocycles. The maximum atomic E-state index is 12.7. The van der Waals surface area contributed by atoms with Crippen molar-refractivity contribution in [3.8, 4) is 0 Å². The molecule has 1 aliphatic rings. The lowest BCUT2D eigenvalue weighted by atomic mass is 10.0. The fraction of sp³-hybridized carbons (Fsp3) is 0.462. The largest absolute Gasteiger partial charge is 0.418 e. The maximum absolute atomic E-state index is 12.7. The van der Waals surface area contributed by atoms with E-state index in [-0.39, 0.29) is 5.56 Å². The normalized spacial score (nSPS) is 17.3. The number of carbonyl (C=O) groups excluding carboxylic acids is 1. The standard InChI is InChI=1S/C13H15F3N2O2/c14-13(15,16)10-7-8(1-2-11(10)17)12(20)18-5-3-9(19)4-6-18/h1-2,7,9,19H,3-6,17H2. The molecule has 1 amide bonds. The summed E-state index contributed by atoms with van der Waals surface area (Å²) in [6, 6.07) is 3.16. The van der Waals surface area contributed by atoms with E-state index in [4.69, 9.17) is 5.73 Å². The number of alkyl halides is 3. The quantitative estimate of drug-likeness (QED) is 0.775. The first-order chi connectivity index (χ1) is 9.29. The zero-order valence-corrected chi connectivity index (χ0v) is 10.7. The summed E-state index contributed by atoms with van der Waals surface area (Å²) in [5.41, 5.74) is 3.86. The van der Waals surface area contributed by atoms with Crippen molar-refractivity contribution in [3.63, 3.8) is 0 Å². The minimum absolute atomic E-state index is 0.0390. The Labute approximate surface area is 114 Å². The highest BCUT2D eigenvalue weighted by atomic mass is 19.4. The van der Waals surface area contributed by atoms with Crippen molar-refractivity contribution >= 4 is 11.6 Å². The second-order valence-electron chi connectivity index (χ2n) is 4.82. The van der Waals surface area contributed by atoms with Gasteiger partial charge in [-0.1, -0.05) is 0 Å². The average molecular weight is 288 g/mol. The number of aliphatic hydroxyl groups excluding tert-OH is 1. The molecule has 3 N–H and O–H groups in total. The molecular weight excluding hydrogens is 273 g/mol. The number of benzene rings is 1. The van der Waals surface area contributed by atoms with Crippen LogP contribution >= 0.6 is 0 Å². The van der Waals surface area contributed by atoms with Crippen LogP contribution in [0.5, 0.6) is 0 Å². The SMILES string of the molecule is Nc1ccc(C(=O)N2CCC(O)CC2)cc1C(F)(F)F. The fourth-order valence-corrected chi connectivity index (χ4v) is 2.19. The Morgan fingerprint density at radius 3 is 2.45 bits per heavy atom. The molecule has 7 heteroatoms. The lowest BCUT2D eigenvalue weighted by Gasteiger charge is -2.29. The number of piperidine rings is 1. The van der Waals surface area contributed by atoms with E-state index in [1.807, 2.05) is 0 Å². The van der Waals surface area contributed by atoms with Crippen LogP contribution in [0.3, 0.4) is 0 Å². The van der Waals surface area contributed by atoms with Gasteiger partial charge in [0, 0.05) is 24.3 Å². The average Bonchev–Trinajstić information content (AvgIpc) is 2.38. The number of nitrogens with zero attached hydrogens (tertiary/aromatic N) is 1. The van der Waals surface area contributed by atoms with Gasteiger partial charge in [-0.25, -0.2) is 0 Å². The van der Waals surface area contributed by atoms with E-state index in [9.17, 15) is 23.1 Å². The summed E-state index contributed by atoms with van der Waals surface area (Å²) in [7, 11) is 0. The smallest absolute Gasteiger partial charge is 0.398 e. The first-order valence-electron chi connectivity index (χ1n) is 6.23. The zero-order chi connectivity index (χ0) is 14.9. The number of rotatable bonds is 1. The molecule has 2 rings (SSSR count). The van der Waals surface area contributed by atoms with Crippen LogP contribution in [-0.4, -0.2) is 35.1 Å². The van der Waals surface area contributed by atoms with Crippen LogP contribution in [0.2, 0.25) is 0 Å². The molecule has 1 saturated heterocycles. The molecule has 0 unspecified atom stereocenters. The number of hydrogen-bond acceptors (Lipinski definition) is 3. The van der Waals surface area contributed by atoms with Crippen LogP contribution in [0.1, 0.15) is 28.8 Å². The molecule has 1 aliphatic heterocycles. The number of amides is 1. The van der Waals surface area contributed by atoms with E-state index >= 15 is 0 Å². The Balaban J connectivity index is 2.23. The molecule has 0 spiro atoms. The third kappa shape index (κ3) is 3.04. The second-order valence-corrected chi connectivity index (χ2v) is 4.82. The number of carbonyl (C=O) groups is 1. The van der Waals surface area contributed by atoms with E-state index in [2.05, 4.69) is 0 Å². The van der Waals surface area contributed by atoms with Crippen molar-refractivity contribution in [2.24, 2.45) is 0 Å². The summed E-state index contributed by atoms with van der Waals surface area (Å²) in [4.78, 5) is 13.6. The van der Waals surface area contributed by atoms with Gasteiger partial charge in [0.05, 0.1) is 11.7 Å². The molecule has 0 aliphatic carbocycles. The summed E-state index contributed by atoms with van der Waals surface area (Å²) in [6.45, 7) is 0.678. The molecular formula is C13H15F3N2O2. The van der Waals surface area contributed by atoms with Gasteiger partial charge in [-0.05, 0) is 31.0 Å². The minimum atomic E-state index is -4.58. The van der Waals surface area contributed by atoms with Crippen molar-refractivity contribution in [1.82, 2.24) is 4.90 Å². The van der Waals surface area contributed by atoms with E-state index < -0.39 is 29.4 Å². The van der Waals surface area contributed by atoms with Gasteiger partial charge in [-0.3, -0.25) is 4.79 Å². The van der Waals surface area contributed by atoms with Crippen LogP contribution in [0.15, 0.2) is 18.2 Å². The Bertz CT molecular complexity index is 509. The van der Waals surface area contributed by atoms with Crippen LogP contribution in [0.4, 0.5) is 18.9 Å². The number of hydrogen-bond donors (Lipinski definition) is 2. The monoisotopic (exact) mass is 288 g/mol. The van der Waals surface area contributed by atoms with Gasteiger partial charge in [0.1, 0.15) is 0 Å². The van der Waals surface area contributed by atoms with Gasteiger partial charge in [-0.15, -0.1) is 0 Å². The molecule has 20 heavy (non-hydrogen) atoms. The van der Waals surface area contributed by atoms with Gasteiger partial charge in [0.25, 0.3) is 5.91 Å². The van der Waals surface area contributed by atoms with Gasteiger partial charge in [0.2, 0.25) is 0 Å².